The summed E-state index contributed by atoms with van der Waals surface area (Å²) in [6.45, 7) is 4.66. The Morgan fingerprint density at radius 2 is 1.60 bits per heavy atom. The van der Waals surface area contributed by atoms with Gasteiger partial charge in [0.2, 0.25) is 0 Å². The van der Waals surface area contributed by atoms with Crippen molar-refractivity contribution in [2.24, 2.45) is 0 Å². The van der Waals surface area contributed by atoms with Gasteiger partial charge >= 0.3 is 6.09 Å². The van der Waals surface area contributed by atoms with Gasteiger partial charge in [-0.3, -0.25) is 5.32 Å². The largest absolute Gasteiger partial charge is 0.488 e. The number of benzene rings is 3. The van der Waals surface area contributed by atoms with Crippen LogP contribution in [0.2, 0.25) is 0 Å². The fourth-order valence-corrected chi connectivity index (χ4v) is 4.00. The zero-order chi connectivity index (χ0) is 24.5. The maximum Gasteiger partial charge on any atom is 0.412 e. The summed E-state index contributed by atoms with van der Waals surface area (Å²) in [6, 6.07) is 25.8. The fraction of sp³-hybridized carbons (Fsp3) is 0.267. The van der Waals surface area contributed by atoms with E-state index >= 15 is 0 Å². The molecule has 0 saturated heterocycles. The zero-order valence-corrected chi connectivity index (χ0v) is 20.4. The Balaban J connectivity index is 1.42. The van der Waals surface area contributed by atoms with Gasteiger partial charge in [0.05, 0.1) is 11.2 Å². The molecular weight excluding hydrogens is 436 g/mol. The van der Waals surface area contributed by atoms with Crippen molar-refractivity contribution in [1.29, 1.82) is 0 Å². The second-order valence-electron chi connectivity index (χ2n) is 8.66. The molecule has 0 aliphatic rings. The predicted octanol–water partition coefficient (Wildman–Crippen LogP) is 7.60. The fourth-order valence-electron chi connectivity index (χ4n) is 4.00. The lowest BCUT2D eigenvalue weighted by atomic mass is 10.1. The average Bonchev–Trinajstić information content (AvgIpc) is 2.89. The minimum Gasteiger partial charge on any atom is -0.488 e. The Morgan fingerprint density at radius 3 is 2.37 bits per heavy atom. The third-order valence-electron chi connectivity index (χ3n) is 6.01. The third-order valence-corrected chi connectivity index (χ3v) is 6.01. The smallest absolute Gasteiger partial charge is 0.412 e. The van der Waals surface area contributed by atoms with E-state index < -0.39 is 6.09 Å². The highest BCUT2D eigenvalue weighted by Gasteiger charge is 2.15. The summed E-state index contributed by atoms with van der Waals surface area (Å²) in [4.78, 5) is 17.2. The molecule has 0 radical (unpaired) electrons. The van der Waals surface area contributed by atoms with Gasteiger partial charge in [0.1, 0.15) is 19.0 Å². The Labute approximate surface area is 207 Å². The second kappa shape index (κ2) is 12.0. The number of para-hydroxylation sites is 1. The quantitative estimate of drug-likeness (QED) is 0.243. The Kier molecular flexibility index (Phi) is 8.34. The van der Waals surface area contributed by atoms with Crippen LogP contribution in [0.4, 0.5) is 10.5 Å². The molecule has 0 saturated carbocycles. The standard InChI is InChI=1S/C30H32N2O3/c1-3-4-6-11-23-16-18-25(19-17-23)31-30(33)35-21-28-22(2)29(26-14-9-10-15-27(26)32-28)34-20-24-12-7-5-8-13-24/h5,7-10,12-19H,3-4,6,11,20-21H2,1-2H3,(H,31,33). The molecule has 35 heavy (non-hydrogen) atoms. The van der Waals surface area contributed by atoms with Gasteiger partial charge in [0, 0.05) is 16.6 Å². The van der Waals surface area contributed by atoms with Gasteiger partial charge in [-0.1, -0.05) is 74.4 Å². The number of unbranched alkanes of at least 4 members (excludes halogenated alkanes) is 2. The van der Waals surface area contributed by atoms with E-state index in [1.807, 2.05) is 73.7 Å². The summed E-state index contributed by atoms with van der Waals surface area (Å²) in [6.07, 6.45) is 4.16. The van der Waals surface area contributed by atoms with Crippen molar-refractivity contribution in [3.05, 3.63) is 101 Å². The number of rotatable bonds is 10. The average molecular weight is 469 g/mol. The number of nitrogens with zero attached hydrogens (tertiary/aromatic N) is 1. The van der Waals surface area contributed by atoms with E-state index in [1.54, 1.807) is 0 Å². The molecule has 1 aromatic heterocycles. The van der Waals surface area contributed by atoms with Crippen LogP contribution < -0.4 is 10.1 Å². The molecule has 1 amide bonds. The van der Waals surface area contributed by atoms with Crippen molar-refractivity contribution in [2.75, 3.05) is 5.32 Å². The van der Waals surface area contributed by atoms with Gasteiger partial charge in [0.25, 0.3) is 0 Å². The molecule has 0 unspecified atom stereocenters. The van der Waals surface area contributed by atoms with Crippen LogP contribution in [0.5, 0.6) is 5.75 Å². The number of fused-ring (bicyclic) bond motifs is 1. The van der Waals surface area contributed by atoms with Gasteiger partial charge in [-0.15, -0.1) is 0 Å². The van der Waals surface area contributed by atoms with Crippen LogP contribution >= 0.6 is 0 Å². The summed E-state index contributed by atoms with van der Waals surface area (Å²) in [5.41, 5.74) is 5.41. The van der Waals surface area contributed by atoms with E-state index in [0.29, 0.717) is 18.0 Å². The molecule has 4 aromatic rings. The maximum atomic E-state index is 12.5. The Morgan fingerprint density at radius 1 is 0.857 bits per heavy atom. The first-order valence-electron chi connectivity index (χ1n) is 12.2. The minimum atomic E-state index is -0.509. The number of anilines is 1. The van der Waals surface area contributed by atoms with E-state index in [-0.39, 0.29) is 6.61 Å². The Bertz CT molecular complexity index is 1250. The summed E-state index contributed by atoms with van der Waals surface area (Å²) in [5, 5.41) is 3.74. The monoisotopic (exact) mass is 468 g/mol. The summed E-state index contributed by atoms with van der Waals surface area (Å²) < 4.78 is 11.8. The van der Waals surface area contributed by atoms with Crippen molar-refractivity contribution in [1.82, 2.24) is 4.98 Å². The highest BCUT2D eigenvalue weighted by atomic mass is 16.5. The Hall–Kier alpha value is -3.86. The lowest BCUT2D eigenvalue weighted by molar-refractivity contribution is 0.153. The number of carbonyl (C=O) groups is 1. The molecule has 0 bridgehead atoms. The predicted molar refractivity (Wildman–Crippen MR) is 141 cm³/mol. The lowest BCUT2D eigenvalue weighted by Gasteiger charge is -2.16. The molecule has 0 aliphatic heterocycles. The summed E-state index contributed by atoms with van der Waals surface area (Å²) >= 11 is 0. The SMILES string of the molecule is CCCCCc1ccc(NC(=O)OCc2nc3ccccc3c(OCc3ccccc3)c2C)cc1. The first kappa shape index (κ1) is 24.3. The summed E-state index contributed by atoms with van der Waals surface area (Å²) in [7, 11) is 0. The third kappa shape index (κ3) is 6.60. The molecule has 1 heterocycles. The lowest BCUT2D eigenvalue weighted by Crippen LogP contribution is -2.14. The van der Waals surface area contributed by atoms with Gasteiger partial charge in [-0.05, 0) is 55.2 Å². The topological polar surface area (TPSA) is 60.5 Å². The van der Waals surface area contributed by atoms with E-state index in [9.17, 15) is 4.79 Å². The van der Waals surface area contributed by atoms with E-state index in [1.165, 1.54) is 24.8 Å². The summed E-state index contributed by atoms with van der Waals surface area (Å²) in [5.74, 6) is 0.761. The van der Waals surface area contributed by atoms with Gasteiger partial charge in [-0.25, -0.2) is 9.78 Å². The van der Waals surface area contributed by atoms with Crippen LogP contribution in [-0.4, -0.2) is 11.1 Å². The van der Waals surface area contributed by atoms with Crippen LogP contribution in [0.1, 0.15) is 48.6 Å². The first-order valence-corrected chi connectivity index (χ1v) is 12.2. The van der Waals surface area contributed by atoms with Gasteiger partial charge in [-0.2, -0.15) is 0 Å². The van der Waals surface area contributed by atoms with Crippen molar-refractivity contribution >= 4 is 22.7 Å². The zero-order valence-electron chi connectivity index (χ0n) is 20.4. The molecule has 5 nitrogen and oxygen atoms in total. The van der Waals surface area contributed by atoms with Gasteiger partial charge < -0.3 is 9.47 Å². The first-order chi connectivity index (χ1) is 17.1. The highest BCUT2D eigenvalue weighted by Crippen LogP contribution is 2.31. The van der Waals surface area contributed by atoms with Crippen LogP contribution in [0.3, 0.4) is 0 Å². The number of ether oxygens (including phenoxy) is 2. The number of nitrogens with one attached hydrogen (secondary N) is 1. The number of aryl methyl sites for hydroxylation is 1. The molecule has 5 heteroatoms. The van der Waals surface area contributed by atoms with Crippen molar-refractivity contribution < 1.29 is 14.3 Å². The molecule has 0 fully saturated rings. The molecule has 0 aliphatic carbocycles. The highest BCUT2D eigenvalue weighted by molar-refractivity contribution is 5.87. The number of aromatic nitrogens is 1. The second-order valence-corrected chi connectivity index (χ2v) is 8.66. The number of amides is 1. The number of hydrogen-bond acceptors (Lipinski definition) is 4. The number of pyridine rings is 1. The molecule has 180 valence electrons. The molecule has 0 atom stereocenters. The van der Waals surface area contributed by atoms with E-state index in [4.69, 9.17) is 14.5 Å². The van der Waals surface area contributed by atoms with Gasteiger partial charge in [0.15, 0.2) is 0 Å². The van der Waals surface area contributed by atoms with Crippen LogP contribution in [0.25, 0.3) is 10.9 Å². The van der Waals surface area contributed by atoms with Crippen LogP contribution in [0, 0.1) is 6.92 Å². The van der Waals surface area contributed by atoms with Crippen molar-refractivity contribution in [2.45, 2.75) is 52.7 Å². The van der Waals surface area contributed by atoms with Crippen LogP contribution in [0.15, 0.2) is 78.9 Å². The molecular formula is C30H32N2O3. The molecule has 1 N–H and O–H groups in total. The molecule has 0 spiro atoms. The normalized spacial score (nSPS) is 10.8. The number of hydrogen-bond donors (Lipinski definition) is 1. The van der Waals surface area contributed by atoms with E-state index in [2.05, 4.69) is 24.4 Å². The molecule has 3 aromatic carbocycles. The van der Waals surface area contributed by atoms with Crippen molar-refractivity contribution in [3.8, 4) is 5.75 Å². The van der Waals surface area contributed by atoms with E-state index in [0.717, 1.165) is 34.2 Å². The van der Waals surface area contributed by atoms with Crippen molar-refractivity contribution in [3.63, 3.8) is 0 Å². The minimum absolute atomic E-state index is 0.0549. The molecule has 4 rings (SSSR count). The maximum absolute atomic E-state index is 12.5. The number of carbonyl (C=O) groups excluding carboxylic acids is 1. The van der Waals surface area contributed by atoms with Crippen LogP contribution in [-0.2, 0) is 24.4 Å².